The van der Waals surface area contributed by atoms with Crippen molar-refractivity contribution >= 4 is 28.5 Å². The molecule has 0 bridgehead atoms. The van der Waals surface area contributed by atoms with E-state index in [1.807, 2.05) is 25.4 Å². The van der Waals surface area contributed by atoms with Crippen molar-refractivity contribution in [3.8, 4) is 11.3 Å². The van der Waals surface area contributed by atoms with E-state index in [0.717, 1.165) is 72.0 Å². The molecule has 1 aromatic carbocycles. The molecule has 0 radical (unpaired) electrons. The van der Waals surface area contributed by atoms with Gasteiger partial charge in [0.1, 0.15) is 17.5 Å². The quantitative estimate of drug-likeness (QED) is 0.528. The number of nitrogens with zero attached hydrogens (tertiary/aromatic N) is 5. The topological polar surface area (TPSA) is 49.2 Å². The Bertz CT molecular complexity index is 1110. The van der Waals surface area contributed by atoms with Gasteiger partial charge in [0.25, 0.3) is 0 Å². The smallest absolute Gasteiger partial charge is 0.191 e. The Morgan fingerprint density at radius 1 is 1.25 bits per heavy atom. The van der Waals surface area contributed by atoms with Crippen molar-refractivity contribution in [3.63, 3.8) is 0 Å². The molecule has 1 aliphatic rings. The molecule has 1 fully saturated rings. The first kappa shape index (κ1) is 22.2. The third kappa shape index (κ3) is 4.47. The number of aromatic nitrogens is 3. The van der Waals surface area contributed by atoms with E-state index >= 15 is 0 Å². The van der Waals surface area contributed by atoms with Crippen molar-refractivity contribution in [2.45, 2.75) is 20.3 Å². The van der Waals surface area contributed by atoms with Crippen LogP contribution in [0.1, 0.15) is 18.4 Å². The molecule has 3 heterocycles. The molecule has 1 aliphatic heterocycles. The average molecular weight is 453 g/mol. The maximum atomic E-state index is 13.3. The van der Waals surface area contributed by atoms with Crippen LogP contribution >= 0.6 is 11.3 Å². The van der Waals surface area contributed by atoms with Gasteiger partial charge >= 0.3 is 0 Å². The Kier molecular flexibility index (Phi) is 6.72. The van der Waals surface area contributed by atoms with Gasteiger partial charge in [-0.15, -0.1) is 11.3 Å². The molecule has 0 aliphatic carbocycles. The lowest BCUT2D eigenvalue weighted by Crippen LogP contribution is -2.42. The second kappa shape index (κ2) is 9.67. The molecule has 8 heteroatoms. The number of rotatable bonds is 7. The Labute approximate surface area is 192 Å². The van der Waals surface area contributed by atoms with Crippen LogP contribution in [0.3, 0.4) is 0 Å². The van der Waals surface area contributed by atoms with Gasteiger partial charge in [-0.05, 0) is 43.7 Å². The highest BCUT2D eigenvalue weighted by atomic mass is 32.1. The summed E-state index contributed by atoms with van der Waals surface area (Å²) in [5, 5.41) is 6.26. The van der Waals surface area contributed by atoms with Gasteiger partial charge in [0.05, 0.1) is 17.1 Å². The minimum Gasteiger partial charge on any atom is -0.368 e. The van der Waals surface area contributed by atoms with Crippen molar-refractivity contribution in [2.75, 3.05) is 38.1 Å². The summed E-state index contributed by atoms with van der Waals surface area (Å²) in [5.41, 5.74) is 3.83. The fourth-order valence-corrected chi connectivity index (χ4v) is 4.72. The summed E-state index contributed by atoms with van der Waals surface area (Å²) in [6.07, 6.45) is 4.85. The number of piperazine rings is 1. The predicted molar refractivity (Wildman–Crippen MR) is 131 cm³/mol. The Hall–Kier alpha value is -2.97. The molecule has 168 valence electrons. The largest absolute Gasteiger partial charge is 0.368 e. The second-order valence-electron chi connectivity index (χ2n) is 7.73. The first-order chi connectivity index (χ1) is 15.5. The van der Waals surface area contributed by atoms with Crippen molar-refractivity contribution in [2.24, 2.45) is 0 Å². The number of hydrogen-bond donors (Lipinski definition) is 1. The summed E-state index contributed by atoms with van der Waals surface area (Å²) in [6, 6.07) is 6.44. The maximum Gasteiger partial charge on any atom is 0.191 e. The molecule has 0 saturated carbocycles. The number of nitrogens with one attached hydrogen (secondary N) is 1. The Morgan fingerprint density at radius 3 is 2.62 bits per heavy atom. The molecule has 3 aromatic rings. The number of aryl methyl sites for hydroxylation is 2. The number of hydrogen-bond acceptors (Lipinski definition) is 6. The van der Waals surface area contributed by atoms with Gasteiger partial charge in [-0.3, -0.25) is 4.57 Å². The molecule has 4 rings (SSSR count). The van der Waals surface area contributed by atoms with Gasteiger partial charge in [-0.1, -0.05) is 13.5 Å². The van der Waals surface area contributed by atoms with Gasteiger partial charge < -0.3 is 15.1 Å². The molecule has 0 unspecified atom stereocenters. The summed E-state index contributed by atoms with van der Waals surface area (Å²) in [4.78, 5) is 14.1. The molecule has 0 amide bonds. The highest BCUT2D eigenvalue weighted by molar-refractivity contribution is 7.14. The number of thiazole rings is 1. The third-order valence-corrected chi connectivity index (χ3v) is 6.57. The van der Waals surface area contributed by atoms with E-state index < -0.39 is 0 Å². The predicted octanol–water partition coefficient (Wildman–Crippen LogP) is 4.67. The van der Waals surface area contributed by atoms with Crippen molar-refractivity contribution in [3.05, 3.63) is 65.3 Å². The first-order valence-electron chi connectivity index (χ1n) is 10.8. The number of halogens is 1. The van der Waals surface area contributed by atoms with E-state index in [2.05, 4.69) is 39.4 Å². The minimum atomic E-state index is -0.248. The fourth-order valence-electron chi connectivity index (χ4n) is 3.92. The number of benzene rings is 1. The fraction of sp³-hybridized carbons (Fsp3) is 0.333. The van der Waals surface area contributed by atoms with Gasteiger partial charge in [-0.2, -0.15) is 0 Å². The summed E-state index contributed by atoms with van der Waals surface area (Å²) in [5.74, 6) is 1.68. The minimum absolute atomic E-state index is 0.248. The van der Waals surface area contributed by atoms with E-state index in [1.54, 1.807) is 23.5 Å². The summed E-state index contributed by atoms with van der Waals surface area (Å²) in [6.45, 7) is 12.0. The summed E-state index contributed by atoms with van der Waals surface area (Å²) >= 11 is 1.56. The number of allylic oxidation sites excluding steroid dienone is 1. The van der Waals surface area contributed by atoms with E-state index in [9.17, 15) is 4.39 Å². The normalized spacial score (nSPS) is 14.6. The van der Waals surface area contributed by atoms with E-state index in [1.165, 1.54) is 12.1 Å². The number of anilines is 2. The first-order valence-corrected chi connectivity index (χ1v) is 11.7. The maximum absolute atomic E-state index is 13.3. The highest BCUT2D eigenvalue weighted by Crippen LogP contribution is 2.34. The zero-order chi connectivity index (χ0) is 22.7. The lowest BCUT2D eigenvalue weighted by molar-refractivity contribution is 0.309. The van der Waals surface area contributed by atoms with Crippen molar-refractivity contribution < 1.29 is 4.39 Å². The lowest BCUT2D eigenvalue weighted by Gasteiger charge is -2.30. The Morgan fingerprint density at radius 2 is 1.97 bits per heavy atom. The van der Waals surface area contributed by atoms with Crippen LogP contribution in [0.15, 0.2) is 48.0 Å². The molecular weight excluding hydrogens is 423 g/mol. The average Bonchev–Trinajstić information content (AvgIpc) is 3.43. The zero-order valence-corrected chi connectivity index (χ0v) is 19.6. The monoisotopic (exact) mass is 452 g/mol. The summed E-state index contributed by atoms with van der Waals surface area (Å²) in [7, 11) is 2.02. The molecule has 32 heavy (non-hydrogen) atoms. The van der Waals surface area contributed by atoms with Crippen LogP contribution in [0.4, 0.5) is 15.3 Å². The zero-order valence-electron chi connectivity index (χ0n) is 18.8. The van der Waals surface area contributed by atoms with E-state index in [0.29, 0.717) is 0 Å². The lowest BCUT2D eigenvalue weighted by atomic mass is 10.2. The van der Waals surface area contributed by atoms with E-state index in [-0.39, 0.29) is 5.82 Å². The van der Waals surface area contributed by atoms with Crippen LogP contribution in [0.5, 0.6) is 0 Å². The third-order valence-electron chi connectivity index (χ3n) is 5.66. The molecule has 1 saturated heterocycles. The molecule has 0 spiro atoms. The van der Waals surface area contributed by atoms with Gasteiger partial charge in [-0.25, -0.2) is 14.4 Å². The van der Waals surface area contributed by atoms with Gasteiger partial charge in [0.2, 0.25) is 0 Å². The van der Waals surface area contributed by atoms with Crippen molar-refractivity contribution in [1.29, 1.82) is 0 Å². The molecule has 2 aromatic heterocycles. The van der Waals surface area contributed by atoms with Crippen LogP contribution in [0, 0.1) is 12.7 Å². The standard InChI is InChI=1S/C24H29FN6S/c1-5-20(30-13-11-26-12-14-30)15-31-17(3)27-21(6-2)23(31)29(4)24-28-22(16-32-24)18-7-9-19(25)10-8-18/h5,7-10,15-16,26H,1,6,11-14H2,2-4H3/b20-15+. The summed E-state index contributed by atoms with van der Waals surface area (Å²) < 4.78 is 15.4. The van der Waals surface area contributed by atoms with E-state index in [4.69, 9.17) is 9.97 Å². The number of imidazole rings is 1. The molecule has 6 nitrogen and oxygen atoms in total. The SMILES string of the molecule is C=C/C(=C\n1c(C)nc(CC)c1N(C)c1nc(-c2ccc(F)cc2)cs1)N1CCNCC1. The van der Waals surface area contributed by atoms with Gasteiger partial charge in [0, 0.05) is 50.4 Å². The van der Waals surface area contributed by atoms with Crippen molar-refractivity contribution in [1.82, 2.24) is 24.8 Å². The van der Waals surface area contributed by atoms with Crippen LogP contribution < -0.4 is 10.2 Å². The second-order valence-corrected chi connectivity index (χ2v) is 8.57. The highest BCUT2D eigenvalue weighted by Gasteiger charge is 2.21. The van der Waals surface area contributed by atoms with Crippen LogP contribution in [-0.4, -0.2) is 52.7 Å². The van der Waals surface area contributed by atoms with Crippen LogP contribution in [-0.2, 0) is 6.42 Å². The molecular formula is C24H29FN6S. The molecule has 1 N–H and O–H groups in total. The van der Waals surface area contributed by atoms with Gasteiger partial charge in [0.15, 0.2) is 5.13 Å². The molecule has 0 atom stereocenters. The Balaban J connectivity index is 1.71. The van der Waals surface area contributed by atoms with Crippen LogP contribution in [0.25, 0.3) is 17.5 Å². The van der Waals surface area contributed by atoms with Crippen LogP contribution in [0.2, 0.25) is 0 Å².